The summed E-state index contributed by atoms with van der Waals surface area (Å²) in [5.74, 6) is -0.0539. The number of carbonyl (C=O) groups is 2. The summed E-state index contributed by atoms with van der Waals surface area (Å²) in [6, 6.07) is 12.4. The molecule has 30 heavy (non-hydrogen) atoms. The van der Waals surface area contributed by atoms with Crippen LogP contribution in [0.5, 0.6) is 0 Å². The Morgan fingerprint density at radius 2 is 2.10 bits per heavy atom. The maximum absolute atomic E-state index is 13.1. The molecule has 0 aliphatic carbocycles. The zero-order valence-electron chi connectivity index (χ0n) is 17.0. The molecule has 0 spiro atoms. The quantitative estimate of drug-likeness (QED) is 0.661. The Morgan fingerprint density at radius 3 is 2.83 bits per heavy atom. The predicted octanol–water partition coefficient (Wildman–Crippen LogP) is 2.60. The Labute approximate surface area is 179 Å². The number of aromatic nitrogens is 3. The number of benzene rings is 1. The fourth-order valence-electron chi connectivity index (χ4n) is 4.28. The number of hydrogen-bond acceptors (Lipinski definition) is 5. The van der Waals surface area contributed by atoms with E-state index in [1.807, 2.05) is 18.2 Å². The highest BCUT2D eigenvalue weighted by Crippen LogP contribution is 2.38. The molecule has 1 aliphatic rings. The van der Waals surface area contributed by atoms with Gasteiger partial charge < -0.3 is 10.2 Å². The van der Waals surface area contributed by atoms with E-state index in [0.717, 1.165) is 24.0 Å². The van der Waals surface area contributed by atoms with Crippen molar-refractivity contribution in [3.8, 4) is 10.4 Å². The molecule has 1 aromatic carbocycles. The lowest BCUT2D eigenvalue weighted by atomic mass is 9.73. The number of piperidine rings is 1. The van der Waals surface area contributed by atoms with Gasteiger partial charge in [-0.2, -0.15) is 5.10 Å². The lowest BCUT2D eigenvalue weighted by Gasteiger charge is -2.42. The maximum Gasteiger partial charge on any atom is 0.244 e. The molecular weight excluding hydrogens is 398 g/mol. The number of rotatable bonds is 6. The molecule has 1 aliphatic heterocycles. The van der Waals surface area contributed by atoms with Crippen LogP contribution in [-0.4, -0.2) is 51.6 Å². The second kappa shape index (κ2) is 8.79. The van der Waals surface area contributed by atoms with Crippen LogP contribution in [0, 0.1) is 5.41 Å². The van der Waals surface area contributed by atoms with Crippen LogP contribution in [0.25, 0.3) is 10.4 Å². The third kappa shape index (κ3) is 4.14. The van der Waals surface area contributed by atoms with Gasteiger partial charge in [-0.3, -0.25) is 9.59 Å². The SMILES string of the molecule is CNC(=O)[C@]1(Cc2ccccc2-c2cccs2)CCCN(C(=O)Cn2cncn2)C1. The van der Waals surface area contributed by atoms with Crippen LogP contribution in [-0.2, 0) is 22.6 Å². The second-order valence-corrected chi connectivity index (χ2v) is 8.63. The van der Waals surface area contributed by atoms with E-state index in [1.165, 1.54) is 22.2 Å². The van der Waals surface area contributed by atoms with Crippen molar-refractivity contribution < 1.29 is 9.59 Å². The highest BCUT2D eigenvalue weighted by atomic mass is 32.1. The Balaban J connectivity index is 1.61. The van der Waals surface area contributed by atoms with Gasteiger partial charge in [-0.25, -0.2) is 9.67 Å². The summed E-state index contributed by atoms with van der Waals surface area (Å²) in [7, 11) is 1.67. The highest BCUT2D eigenvalue weighted by molar-refractivity contribution is 7.13. The van der Waals surface area contributed by atoms with E-state index in [4.69, 9.17) is 0 Å². The standard InChI is InChI=1S/C22H25N5O2S/c1-23-21(29)22(12-17-6-2-3-7-18(17)19-8-4-11-30-19)9-5-10-26(14-22)20(28)13-27-16-24-15-25-27/h2-4,6-8,11,15-16H,5,9-10,12-14H2,1H3,(H,23,29)/t22-/m0/s1. The summed E-state index contributed by atoms with van der Waals surface area (Å²) in [6.45, 7) is 1.19. The summed E-state index contributed by atoms with van der Waals surface area (Å²) in [5.41, 5.74) is 1.63. The minimum Gasteiger partial charge on any atom is -0.359 e. The summed E-state index contributed by atoms with van der Waals surface area (Å²) in [4.78, 5) is 32.9. The molecule has 3 aromatic rings. The molecule has 0 saturated carbocycles. The van der Waals surface area contributed by atoms with Crippen molar-refractivity contribution in [2.45, 2.75) is 25.8 Å². The smallest absolute Gasteiger partial charge is 0.244 e. The first-order valence-corrected chi connectivity index (χ1v) is 10.9. The summed E-state index contributed by atoms with van der Waals surface area (Å²) < 4.78 is 1.52. The molecule has 7 nitrogen and oxygen atoms in total. The maximum atomic E-state index is 13.1. The van der Waals surface area contributed by atoms with Crippen molar-refractivity contribution in [1.29, 1.82) is 0 Å². The average molecular weight is 424 g/mol. The fourth-order valence-corrected chi connectivity index (χ4v) is 5.07. The third-order valence-corrected chi connectivity index (χ3v) is 6.64. The van der Waals surface area contributed by atoms with Crippen LogP contribution in [0.2, 0.25) is 0 Å². The molecule has 0 radical (unpaired) electrons. The molecule has 1 atom stereocenters. The van der Waals surface area contributed by atoms with Crippen molar-refractivity contribution in [3.63, 3.8) is 0 Å². The van der Waals surface area contributed by atoms with Crippen LogP contribution in [0.3, 0.4) is 0 Å². The van der Waals surface area contributed by atoms with E-state index in [9.17, 15) is 9.59 Å². The van der Waals surface area contributed by atoms with E-state index in [2.05, 4.69) is 39.0 Å². The number of hydrogen-bond donors (Lipinski definition) is 1. The topological polar surface area (TPSA) is 80.1 Å². The van der Waals surface area contributed by atoms with Gasteiger partial charge in [0.1, 0.15) is 19.2 Å². The number of amides is 2. The van der Waals surface area contributed by atoms with Gasteiger partial charge in [0.05, 0.1) is 5.41 Å². The van der Waals surface area contributed by atoms with Crippen molar-refractivity contribution in [1.82, 2.24) is 25.0 Å². The lowest BCUT2D eigenvalue weighted by molar-refractivity contribution is -0.141. The average Bonchev–Trinajstić information content (AvgIpc) is 3.48. The number of nitrogens with one attached hydrogen (secondary N) is 1. The van der Waals surface area contributed by atoms with Crippen LogP contribution >= 0.6 is 11.3 Å². The number of likely N-dealkylation sites (tertiary alicyclic amines) is 1. The fraction of sp³-hybridized carbons (Fsp3) is 0.364. The lowest BCUT2D eigenvalue weighted by Crippen LogP contribution is -2.54. The van der Waals surface area contributed by atoms with E-state index in [-0.39, 0.29) is 18.4 Å². The summed E-state index contributed by atoms with van der Waals surface area (Å²) in [6.07, 6.45) is 5.08. The van der Waals surface area contributed by atoms with Gasteiger partial charge in [0.15, 0.2) is 0 Å². The molecule has 1 fully saturated rings. The van der Waals surface area contributed by atoms with E-state index in [0.29, 0.717) is 19.5 Å². The zero-order valence-corrected chi connectivity index (χ0v) is 17.8. The molecule has 3 heterocycles. The second-order valence-electron chi connectivity index (χ2n) is 7.68. The molecule has 8 heteroatoms. The molecule has 0 bridgehead atoms. The first-order valence-electron chi connectivity index (χ1n) is 10.1. The number of thiophene rings is 1. The monoisotopic (exact) mass is 423 g/mol. The highest BCUT2D eigenvalue weighted by Gasteiger charge is 2.43. The number of nitrogens with zero attached hydrogens (tertiary/aromatic N) is 4. The van der Waals surface area contributed by atoms with Crippen LogP contribution in [0.15, 0.2) is 54.4 Å². The third-order valence-electron chi connectivity index (χ3n) is 5.73. The summed E-state index contributed by atoms with van der Waals surface area (Å²) >= 11 is 1.69. The van der Waals surface area contributed by atoms with Crippen LogP contribution in [0.1, 0.15) is 18.4 Å². The van der Waals surface area contributed by atoms with Gasteiger partial charge in [0.2, 0.25) is 11.8 Å². The van der Waals surface area contributed by atoms with Gasteiger partial charge in [-0.05, 0) is 41.8 Å². The van der Waals surface area contributed by atoms with Gasteiger partial charge >= 0.3 is 0 Å². The van der Waals surface area contributed by atoms with Crippen LogP contribution < -0.4 is 5.32 Å². The van der Waals surface area contributed by atoms with E-state index < -0.39 is 5.41 Å². The Morgan fingerprint density at radius 1 is 1.23 bits per heavy atom. The Kier molecular flexibility index (Phi) is 5.94. The Hall–Kier alpha value is -3.00. The number of carbonyl (C=O) groups excluding carboxylic acids is 2. The zero-order chi connectivity index (χ0) is 21.0. The van der Waals surface area contributed by atoms with E-state index >= 15 is 0 Å². The first-order chi connectivity index (χ1) is 14.6. The van der Waals surface area contributed by atoms with Crippen molar-refractivity contribution in [2.75, 3.05) is 20.1 Å². The van der Waals surface area contributed by atoms with Gasteiger partial charge in [-0.15, -0.1) is 11.3 Å². The van der Waals surface area contributed by atoms with Crippen LogP contribution in [0.4, 0.5) is 0 Å². The molecular formula is C22H25N5O2S. The molecule has 1 saturated heterocycles. The predicted molar refractivity (Wildman–Crippen MR) is 116 cm³/mol. The van der Waals surface area contributed by atoms with Crippen molar-refractivity contribution >= 4 is 23.2 Å². The first kappa shape index (κ1) is 20.3. The van der Waals surface area contributed by atoms with Gasteiger partial charge in [0, 0.05) is 25.0 Å². The van der Waals surface area contributed by atoms with Gasteiger partial charge in [0.25, 0.3) is 0 Å². The molecule has 1 N–H and O–H groups in total. The molecule has 4 rings (SSSR count). The molecule has 2 amide bonds. The molecule has 0 unspecified atom stereocenters. The minimum absolute atomic E-state index is 0.0123. The molecule has 2 aromatic heterocycles. The molecule has 156 valence electrons. The normalized spacial score (nSPS) is 18.9. The Bertz CT molecular complexity index is 1000. The van der Waals surface area contributed by atoms with Crippen molar-refractivity contribution in [3.05, 3.63) is 60.0 Å². The minimum atomic E-state index is -0.654. The van der Waals surface area contributed by atoms with Crippen molar-refractivity contribution in [2.24, 2.45) is 5.41 Å². The van der Waals surface area contributed by atoms with E-state index in [1.54, 1.807) is 23.3 Å². The summed E-state index contributed by atoms with van der Waals surface area (Å²) in [5, 5.41) is 8.94. The largest absolute Gasteiger partial charge is 0.359 e. The van der Waals surface area contributed by atoms with Gasteiger partial charge in [-0.1, -0.05) is 30.3 Å².